The third-order valence-corrected chi connectivity index (χ3v) is 4.47. The van der Waals surface area contributed by atoms with Crippen LogP contribution in [-0.4, -0.2) is 45.5 Å². The number of rotatable bonds is 10. The first-order chi connectivity index (χ1) is 11.6. The highest BCUT2D eigenvalue weighted by Gasteiger charge is 2.30. The van der Waals surface area contributed by atoms with E-state index in [9.17, 15) is 28.2 Å². The summed E-state index contributed by atoms with van der Waals surface area (Å²) in [5.74, 6) is -0.576. The van der Waals surface area contributed by atoms with Gasteiger partial charge < -0.3 is 21.3 Å². The number of nitrogens with one attached hydrogen (secondary N) is 1. The smallest absolute Gasteiger partial charge is 0.389 e. The Morgan fingerprint density at radius 1 is 1.36 bits per heavy atom. The summed E-state index contributed by atoms with van der Waals surface area (Å²) in [5, 5.41) is 24.0. The highest BCUT2D eigenvalue weighted by molar-refractivity contribution is 7.09. The molecule has 1 heterocycles. The molecule has 0 aliphatic rings. The molecule has 0 aromatic carbocycles. The van der Waals surface area contributed by atoms with Gasteiger partial charge in [0.2, 0.25) is 5.91 Å². The number of halogens is 3. The fourth-order valence-corrected chi connectivity index (χ4v) is 2.91. The molecule has 1 rings (SSSR count). The van der Waals surface area contributed by atoms with Gasteiger partial charge >= 0.3 is 6.18 Å². The van der Waals surface area contributed by atoms with Gasteiger partial charge in [-0.2, -0.15) is 13.2 Å². The number of carbonyl (C=O) groups is 1. The molecule has 1 aromatic rings. The summed E-state index contributed by atoms with van der Waals surface area (Å²) in [4.78, 5) is 16.1. The quantitative estimate of drug-likeness (QED) is 0.493. The predicted molar refractivity (Wildman–Crippen MR) is 87.8 cm³/mol. The Kier molecular flexibility index (Phi) is 8.77. The third kappa shape index (κ3) is 8.61. The van der Waals surface area contributed by atoms with Gasteiger partial charge in [0.1, 0.15) is 11.1 Å². The van der Waals surface area contributed by atoms with Crippen molar-refractivity contribution in [2.75, 3.05) is 0 Å². The molecule has 5 N–H and O–H groups in total. The third-order valence-electron chi connectivity index (χ3n) is 3.62. The van der Waals surface area contributed by atoms with Crippen molar-refractivity contribution >= 4 is 17.2 Å². The fourth-order valence-electron chi connectivity index (χ4n) is 2.23. The number of nitrogens with two attached hydrogens (primary N) is 1. The summed E-state index contributed by atoms with van der Waals surface area (Å²) >= 11 is 1.15. The SMILES string of the molecule is CC(O)CC[C@H](N)C(=O)N[C@@H](CCCC(F)(F)F)C(O)c1nccs1. The predicted octanol–water partition coefficient (Wildman–Crippen LogP) is 1.88. The van der Waals surface area contributed by atoms with Crippen LogP contribution in [0.2, 0.25) is 0 Å². The van der Waals surface area contributed by atoms with Crippen LogP contribution in [-0.2, 0) is 4.79 Å². The van der Waals surface area contributed by atoms with E-state index in [0.29, 0.717) is 11.4 Å². The molecule has 0 bridgehead atoms. The Morgan fingerprint density at radius 3 is 2.56 bits per heavy atom. The molecule has 0 aliphatic carbocycles. The Morgan fingerprint density at radius 2 is 2.04 bits per heavy atom. The van der Waals surface area contributed by atoms with Crippen molar-refractivity contribution in [3.8, 4) is 0 Å². The minimum Gasteiger partial charge on any atom is -0.393 e. The van der Waals surface area contributed by atoms with E-state index >= 15 is 0 Å². The van der Waals surface area contributed by atoms with Gasteiger partial charge in [-0.05, 0) is 32.6 Å². The second-order valence-corrected chi connectivity index (χ2v) is 6.90. The molecule has 2 unspecified atom stereocenters. The zero-order valence-corrected chi connectivity index (χ0v) is 14.7. The van der Waals surface area contributed by atoms with Gasteiger partial charge in [-0.3, -0.25) is 4.79 Å². The lowest BCUT2D eigenvalue weighted by molar-refractivity contribution is -0.136. The van der Waals surface area contributed by atoms with Gasteiger partial charge in [0, 0.05) is 18.0 Å². The van der Waals surface area contributed by atoms with Crippen LogP contribution in [0.15, 0.2) is 11.6 Å². The van der Waals surface area contributed by atoms with E-state index in [4.69, 9.17) is 5.73 Å². The number of aliphatic hydroxyl groups is 2. The molecule has 0 spiro atoms. The van der Waals surface area contributed by atoms with Crippen LogP contribution >= 0.6 is 11.3 Å². The molecule has 25 heavy (non-hydrogen) atoms. The highest BCUT2D eigenvalue weighted by atomic mass is 32.1. The zero-order valence-electron chi connectivity index (χ0n) is 13.9. The summed E-state index contributed by atoms with van der Waals surface area (Å²) in [6.07, 6.45) is -5.40. The summed E-state index contributed by atoms with van der Waals surface area (Å²) in [5.41, 5.74) is 5.73. The van der Waals surface area contributed by atoms with Crippen molar-refractivity contribution in [2.24, 2.45) is 5.73 Å². The minimum absolute atomic E-state index is 0.0604. The number of hydrogen-bond donors (Lipinski definition) is 4. The van der Waals surface area contributed by atoms with E-state index in [1.54, 1.807) is 12.3 Å². The van der Waals surface area contributed by atoms with Crippen molar-refractivity contribution in [3.05, 3.63) is 16.6 Å². The monoisotopic (exact) mass is 383 g/mol. The average molecular weight is 383 g/mol. The molecule has 0 fully saturated rings. The average Bonchev–Trinajstić information content (AvgIpc) is 3.03. The van der Waals surface area contributed by atoms with Crippen LogP contribution in [0.3, 0.4) is 0 Å². The molecule has 1 amide bonds. The van der Waals surface area contributed by atoms with Crippen LogP contribution < -0.4 is 11.1 Å². The van der Waals surface area contributed by atoms with Gasteiger partial charge in [-0.1, -0.05) is 0 Å². The standard InChI is InChI=1S/C15H24F3N3O3S/c1-9(22)4-5-10(19)13(24)21-11(3-2-6-15(16,17)18)12(23)14-20-7-8-25-14/h7-12,22-23H,2-6,19H2,1H3,(H,21,24)/t9?,10-,11-,12?/m0/s1. The van der Waals surface area contributed by atoms with Gasteiger partial charge in [0.25, 0.3) is 0 Å². The maximum absolute atomic E-state index is 12.3. The lowest BCUT2D eigenvalue weighted by atomic mass is 10.0. The van der Waals surface area contributed by atoms with Crippen molar-refractivity contribution in [1.29, 1.82) is 0 Å². The number of amides is 1. The first-order valence-corrected chi connectivity index (χ1v) is 8.86. The van der Waals surface area contributed by atoms with Gasteiger partial charge in [-0.25, -0.2) is 4.98 Å². The van der Waals surface area contributed by atoms with E-state index < -0.39 is 42.8 Å². The first kappa shape index (κ1) is 21.8. The molecule has 0 radical (unpaired) electrons. The number of thiazole rings is 1. The zero-order chi connectivity index (χ0) is 19.0. The molecular formula is C15H24F3N3O3S. The Bertz CT molecular complexity index is 512. The Hall–Kier alpha value is -1.23. The Balaban J connectivity index is 2.68. The molecule has 6 nitrogen and oxygen atoms in total. The lowest BCUT2D eigenvalue weighted by Crippen LogP contribution is -2.47. The maximum Gasteiger partial charge on any atom is 0.389 e. The van der Waals surface area contributed by atoms with Crippen LogP contribution in [0.4, 0.5) is 13.2 Å². The van der Waals surface area contributed by atoms with Crippen molar-refractivity contribution in [2.45, 2.75) is 69.5 Å². The maximum atomic E-state index is 12.3. The molecule has 0 saturated heterocycles. The molecule has 0 aliphatic heterocycles. The second kappa shape index (κ2) is 10.0. The van der Waals surface area contributed by atoms with Crippen LogP contribution in [0, 0.1) is 0 Å². The molecule has 10 heteroatoms. The number of hydrogen-bond acceptors (Lipinski definition) is 6. The molecule has 1 aromatic heterocycles. The molecule has 4 atom stereocenters. The molecular weight excluding hydrogens is 359 g/mol. The normalized spacial score (nSPS) is 16.9. The highest BCUT2D eigenvalue weighted by Crippen LogP contribution is 2.26. The van der Waals surface area contributed by atoms with Crippen LogP contribution in [0.25, 0.3) is 0 Å². The number of nitrogens with zero attached hydrogens (tertiary/aromatic N) is 1. The second-order valence-electron chi connectivity index (χ2n) is 5.97. The van der Waals surface area contributed by atoms with E-state index in [1.165, 1.54) is 6.20 Å². The number of aliphatic hydroxyl groups excluding tert-OH is 2. The van der Waals surface area contributed by atoms with Crippen molar-refractivity contribution < 1.29 is 28.2 Å². The Labute approximate surface area is 148 Å². The minimum atomic E-state index is -4.30. The summed E-state index contributed by atoms with van der Waals surface area (Å²) in [6.45, 7) is 1.57. The largest absolute Gasteiger partial charge is 0.393 e. The van der Waals surface area contributed by atoms with E-state index in [0.717, 1.165) is 11.3 Å². The number of aromatic nitrogens is 1. The number of carbonyl (C=O) groups excluding carboxylic acids is 1. The molecule has 0 saturated carbocycles. The summed E-state index contributed by atoms with van der Waals surface area (Å²) < 4.78 is 37.0. The first-order valence-electron chi connectivity index (χ1n) is 7.98. The topological polar surface area (TPSA) is 108 Å². The van der Waals surface area contributed by atoms with Crippen molar-refractivity contribution in [1.82, 2.24) is 10.3 Å². The van der Waals surface area contributed by atoms with Crippen LogP contribution in [0.5, 0.6) is 0 Å². The summed E-state index contributed by atoms with van der Waals surface area (Å²) in [7, 11) is 0. The van der Waals surface area contributed by atoms with E-state index in [2.05, 4.69) is 10.3 Å². The van der Waals surface area contributed by atoms with Gasteiger partial charge in [0.15, 0.2) is 0 Å². The van der Waals surface area contributed by atoms with E-state index in [1.807, 2.05) is 0 Å². The molecule has 144 valence electrons. The van der Waals surface area contributed by atoms with Crippen LogP contribution in [0.1, 0.15) is 50.1 Å². The van der Waals surface area contributed by atoms with Gasteiger partial charge in [0.05, 0.1) is 18.2 Å². The number of alkyl halides is 3. The van der Waals surface area contributed by atoms with E-state index in [-0.39, 0.29) is 19.3 Å². The van der Waals surface area contributed by atoms with Gasteiger partial charge in [-0.15, -0.1) is 11.3 Å². The lowest BCUT2D eigenvalue weighted by Gasteiger charge is -2.25. The van der Waals surface area contributed by atoms with Crippen molar-refractivity contribution in [3.63, 3.8) is 0 Å². The fraction of sp³-hybridized carbons (Fsp3) is 0.733. The summed E-state index contributed by atoms with van der Waals surface area (Å²) in [6, 6.07) is -1.83.